The smallest absolute Gasteiger partial charge is 0.119 e. The first-order valence-electron chi connectivity index (χ1n) is 10.2. The van der Waals surface area contributed by atoms with Gasteiger partial charge in [0.15, 0.2) is 0 Å². The maximum absolute atomic E-state index is 10.3. The average Bonchev–Trinajstić information content (AvgIpc) is 2.75. The summed E-state index contributed by atoms with van der Waals surface area (Å²) in [5, 5.41) is 13.6. The number of likely N-dealkylation sites (N-methyl/N-ethyl adjacent to an activating group) is 1. The Bertz CT molecular complexity index is 870. The minimum absolute atomic E-state index is 0.267. The van der Waals surface area contributed by atoms with Crippen LogP contribution in [0.4, 0.5) is 0 Å². The van der Waals surface area contributed by atoms with Crippen LogP contribution in [0.15, 0.2) is 67.0 Å². The largest absolute Gasteiger partial charge is 0.491 e. The van der Waals surface area contributed by atoms with E-state index in [0.717, 1.165) is 35.8 Å². The second kappa shape index (κ2) is 11.4. The van der Waals surface area contributed by atoms with Crippen molar-refractivity contribution >= 4 is 0 Å². The van der Waals surface area contributed by atoms with Crippen molar-refractivity contribution in [1.82, 2.24) is 20.2 Å². The van der Waals surface area contributed by atoms with Crippen molar-refractivity contribution < 1.29 is 9.84 Å². The molecule has 3 aromatic rings. The number of aliphatic hydroxyl groups is 1. The molecule has 2 aromatic carbocycles. The average molecular weight is 407 g/mol. The summed E-state index contributed by atoms with van der Waals surface area (Å²) < 4.78 is 5.74. The molecule has 0 fully saturated rings. The molecular formula is C24H30N4O2. The number of rotatable bonds is 11. The minimum atomic E-state index is -0.546. The number of aliphatic hydroxyl groups excluding tert-OH is 1. The second-order valence-electron chi connectivity index (χ2n) is 7.54. The molecule has 1 heterocycles. The fourth-order valence-electron chi connectivity index (χ4n) is 3.11. The van der Waals surface area contributed by atoms with Crippen molar-refractivity contribution in [3.63, 3.8) is 0 Å². The molecule has 0 saturated heterocycles. The van der Waals surface area contributed by atoms with Crippen LogP contribution < -0.4 is 10.1 Å². The molecule has 158 valence electrons. The molecule has 6 nitrogen and oxygen atoms in total. The lowest BCUT2D eigenvalue weighted by Crippen LogP contribution is -2.32. The Morgan fingerprint density at radius 1 is 0.967 bits per heavy atom. The first-order chi connectivity index (χ1) is 14.6. The minimum Gasteiger partial charge on any atom is -0.491 e. The standard InChI is InChI=1S/C24H30N4O2/c1-19-12-27-22(15-26-19)14-25-13-20-8-10-24(11-9-20)30-18-23(29)17-28(2)16-21-6-4-3-5-7-21/h3-12,15,23,25,29H,13-14,16-18H2,1-2H3/t23-/m1/s1. The van der Waals surface area contributed by atoms with Gasteiger partial charge >= 0.3 is 0 Å². The van der Waals surface area contributed by atoms with Gasteiger partial charge in [0, 0.05) is 38.6 Å². The van der Waals surface area contributed by atoms with Crippen LogP contribution in [0.5, 0.6) is 5.75 Å². The molecule has 2 N–H and O–H groups in total. The molecule has 0 aliphatic carbocycles. The molecule has 0 bridgehead atoms. The number of nitrogens with zero attached hydrogens (tertiary/aromatic N) is 3. The highest BCUT2D eigenvalue weighted by Gasteiger charge is 2.10. The molecule has 0 spiro atoms. The van der Waals surface area contributed by atoms with E-state index in [1.807, 2.05) is 56.4 Å². The summed E-state index contributed by atoms with van der Waals surface area (Å²) in [5.74, 6) is 0.757. The Kier molecular flexibility index (Phi) is 8.32. The van der Waals surface area contributed by atoms with Crippen molar-refractivity contribution in [2.45, 2.75) is 32.7 Å². The van der Waals surface area contributed by atoms with Crippen LogP contribution >= 0.6 is 0 Å². The highest BCUT2D eigenvalue weighted by Crippen LogP contribution is 2.13. The molecule has 3 rings (SSSR count). The first kappa shape index (κ1) is 21.9. The summed E-state index contributed by atoms with van der Waals surface area (Å²) in [5.41, 5.74) is 4.23. The lowest BCUT2D eigenvalue weighted by atomic mass is 10.2. The van der Waals surface area contributed by atoms with Gasteiger partial charge in [-0.15, -0.1) is 0 Å². The lowest BCUT2D eigenvalue weighted by Gasteiger charge is -2.21. The van der Waals surface area contributed by atoms with Gasteiger partial charge in [0.25, 0.3) is 0 Å². The molecule has 0 aliphatic heterocycles. The molecule has 30 heavy (non-hydrogen) atoms. The Balaban J connectivity index is 1.35. The molecule has 6 heteroatoms. The third kappa shape index (κ3) is 7.55. The Hall–Kier alpha value is -2.80. The Morgan fingerprint density at radius 2 is 1.73 bits per heavy atom. The van der Waals surface area contributed by atoms with Crippen molar-refractivity contribution in [2.75, 3.05) is 20.2 Å². The third-order valence-corrected chi connectivity index (χ3v) is 4.65. The molecule has 0 aliphatic rings. The Labute approximate surface area is 178 Å². The topological polar surface area (TPSA) is 70.5 Å². The highest BCUT2D eigenvalue weighted by molar-refractivity contribution is 5.27. The monoisotopic (exact) mass is 406 g/mol. The molecule has 0 saturated carbocycles. The van der Waals surface area contributed by atoms with E-state index in [9.17, 15) is 5.11 Å². The summed E-state index contributed by atoms with van der Waals surface area (Å²) in [7, 11) is 2.00. The zero-order chi connectivity index (χ0) is 21.2. The summed E-state index contributed by atoms with van der Waals surface area (Å²) in [6.45, 7) is 4.96. The second-order valence-corrected chi connectivity index (χ2v) is 7.54. The number of ether oxygens (including phenoxy) is 1. The molecule has 0 unspecified atom stereocenters. The number of benzene rings is 2. The van der Waals surface area contributed by atoms with Gasteiger partial charge in [0.2, 0.25) is 0 Å². The molecule has 0 radical (unpaired) electrons. The number of hydrogen-bond donors (Lipinski definition) is 2. The third-order valence-electron chi connectivity index (χ3n) is 4.65. The van der Waals surface area contributed by atoms with E-state index in [1.54, 1.807) is 12.4 Å². The van der Waals surface area contributed by atoms with Crippen LogP contribution in [-0.2, 0) is 19.6 Å². The van der Waals surface area contributed by atoms with E-state index >= 15 is 0 Å². The van der Waals surface area contributed by atoms with Crippen molar-refractivity contribution in [3.8, 4) is 5.75 Å². The lowest BCUT2D eigenvalue weighted by molar-refractivity contribution is 0.0744. The van der Waals surface area contributed by atoms with E-state index in [1.165, 1.54) is 5.56 Å². The van der Waals surface area contributed by atoms with Gasteiger partial charge in [0.05, 0.1) is 11.4 Å². The zero-order valence-corrected chi connectivity index (χ0v) is 17.7. The predicted octanol–water partition coefficient (Wildman–Crippen LogP) is 2.95. The van der Waals surface area contributed by atoms with Gasteiger partial charge in [-0.2, -0.15) is 0 Å². The first-order valence-corrected chi connectivity index (χ1v) is 10.2. The van der Waals surface area contributed by atoms with Crippen LogP contribution in [-0.4, -0.2) is 46.3 Å². The normalized spacial score (nSPS) is 12.1. The zero-order valence-electron chi connectivity index (χ0n) is 17.7. The van der Waals surface area contributed by atoms with Gasteiger partial charge < -0.3 is 15.2 Å². The van der Waals surface area contributed by atoms with Gasteiger partial charge in [-0.05, 0) is 37.2 Å². The number of hydrogen-bond acceptors (Lipinski definition) is 6. The van der Waals surface area contributed by atoms with E-state index in [2.05, 4.69) is 32.3 Å². The van der Waals surface area contributed by atoms with Crippen LogP contribution in [0.3, 0.4) is 0 Å². The van der Waals surface area contributed by atoms with Gasteiger partial charge in [-0.25, -0.2) is 0 Å². The van der Waals surface area contributed by atoms with Crippen LogP contribution in [0.1, 0.15) is 22.5 Å². The molecule has 1 atom stereocenters. The van der Waals surface area contributed by atoms with Crippen molar-refractivity contribution in [2.24, 2.45) is 0 Å². The SMILES string of the molecule is Cc1cnc(CNCc2ccc(OC[C@H](O)CN(C)Cc3ccccc3)cc2)cn1. The predicted molar refractivity (Wildman–Crippen MR) is 118 cm³/mol. The van der Waals surface area contributed by atoms with E-state index in [-0.39, 0.29) is 6.61 Å². The fourth-order valence-corrected chi connectivity index (χ4v) is 3.11. The maximum atomic E-state index is 10.3. The summed E-state index contributed by atoms with van der Waals surface area (Å²) >= 11 is 0. The Morgan fingerprint density at radius 3 is 2.43 bits per heavy atom. The van der Waals surface area contributed by atoms with Crippen LogP contribution in [0.25, 0.3) is 0 Å². The summed E-state index contributed by atoms with van der Waals surface area (Å²) in [6.07, 6.45) is 3.02. The van der Waals surface area contributed by atoms with E-state index in [4.69, 9.17) is 4.74 Å². The van der Waals surface area contributed by atoms with Gasteiger partial charge in [-0.1, -0.05) is 42.5 Å². The molecule has 1 aromatic heterocycles. The quantitative estimate of drug-likeness (QED) is 0.510. The van der Waals surface area contributed by atoms with E-state index < -0.39 is 6.10 Å². The van der Waals surface area contributed by atoms with Gasteiger partial charge in [-0.3, -0.25) is 14.9 Å². The van der Waals surface area contributed by atoms with Crippen molar-refractivity contribution in [3.05, 3.63) is 89.5 Å². The van der Waals surface area contributed by atoms with E-state index in [0.29, 0.717) is 13.1 Å². The maximum Gasteiger partial charge on any atom is 0.119 e. The van der Waals surface area contributed by atoms with Crippen LogP contribution in [0, 0.1) is 6.92 Å². The summed E-state index contributed by atoms with van der Waals surface area (Å²) in [6, 6.07) is 18.2. The number of aromatic nitrogens is 2. The molecule has 0 amide bonds. The van der Waals surface area contributed by atoms with Crippen LogP contribution in [0.2, 0.25) is 0 Å². The number of nitrogens with one attached hydrogen (secondary N) is 1. The fraction of sp³-hybridized carbons (Fsp3) is 0.333. The highest BCUT2D eigenvalue weighted by atomic mass is 16.5. The summed E-state index contributed by atoms with van der Waals surface area (Å²) in [4.78, 5) is 10.7. The molecular weight excluding hydrogens is 376 g/mol. The van der Waals surface area contributed by atoms with Crippen molar-refractivity contribution in [1.29, 1.82) is 0 Å². The number of aryl methyl sites for hydroxylation is 1. The van der Waals surface area contributed by atoms with Gasteiger partial charge in [0.1, 0.15) is 18.5 Å².